The van der Waals surface area contributed by atoms with Crippen LogP contribution in [0.1, 0.15) is 11.9 Å². The van der Waals surface area contributed by atoms with E-state index in [9.17, 15) is 0 Å². The summed E-state index contributed by atoms with van der Waals surface area (Å²) in [4.78, 5) is 4.62. The van der Waals surface area contributed by atoms with E-state index in [0.717, 1.165) is 12.1 Å². The minimum absolute atomic E-state index is 1.01. The highest BCUT2D eigenvalue weighted by Crippen LogP contribution is 2.25. The third-order valence-corrected chi connectivity index (χ3v) is 4.14. The van der Waals surface area contributed by atoms with E-state index in [-0.39, 0.29) is 0 Å². The first-order chi connectivity index (χ1) is 9.36. The van der Waals surface area contributed by atoms with Crippen molar-refractivity contribution in [3.8, 4) is 22.4 Å². The van der Waals surface area contributed by atoms with Crippen molar-refractivity contribution in [1.29, 1.82) is 0 Å². The van der Waals surface area contributed by atoms with Crippen LogP contribution >= 0.6 is 11.3 Å². The van der Waals surface area contributed by atoms with Gasteiger partial charge in [-0.05, 0) is 17.5 Å². The summed E-state index contributed by atoms with van der Waals surface area (Å²) in [6.07, 6.45) is 1.01. The lowest BCUT2D eigenvalue weighted by atomic mass is 10.0. The molecule has 1 nitrogen and oxygen atoms in total. The zero-order valence-electron chi connectivity index (χ0n) is 10.8. The molecular weight excluding hydrogens is 250 g/mol. The number of benzene rings is 2. The molecule has 0 N–H and O–H groups in total. The average Bonchev–Trinajstić information content (AvgIpc) is 2.97. The molecule has 0 fully saturated rings. The van der Waals surface area contributed by atoms with E-state index >= 15 is 0 Å². The van der Waals surface area contributed by atoms with Crippen LogP contribution in [0.2, 0.25) is 0 Å². The van der Waals surface area contributed by atoms with Crippen molar-refractivity contribution < 1.29 is 0 Å². The predicted octanol–water partition coefficient (Wildman–Crippen LogP) is 5.04. The number of nitrogens with zero attached hydrogens (tertiary/aromatic N) is 1. The van der Waals surface area contributed by atoms with Gasteiger partial charge in [0.15, 0.2) is 0 Å². The van der Waals surface area contributed by atoms with E-state index in [2.05, 4.69) is 65.8 Å². The SMILES string of the molecule is CCc1nc(-c2ccc(-c3ccccc3)cc2)cs1. The van der Waals surface area contributed by atoms with Crippen LogP contribution in [0.15, 0.2) is 60.0 Å². The van der Waals surface area contributed by atoms with Crippen LogP contribution in [0.3, 0.4) is 0 Å². The van der Waals surface area contributed by atoms with E-state index in [0.29, 0.717) is 0 Å². The summed E-state index contributed by atoms with van der Waals surface area (Å²) >= 11 is 1.73. The van der Waals surface area contributed by atoms with E-state index in [1.807, 2.05) is 6.07 Å². The molecule has 0 saturated carbocycles. The molecule has 2 heteroatoms. The van der Waals surface area contributed by atoms with Crippen molar-refractivity contribution in [3.63, 3.8) is 0 Å². The Balaban J connectivity index is 1.90. The molecule has 1 aromatic heterocycles. The molecule has 0 radical (unpaired) electrons. The summed E-state index contributed by atoms with van der Waals surface area (Å²) in [5.41, 5.74) is 4.77. The average molecular weight is 265 g/mol. The molecule has 0 amide bonds. The molecule has 0 saturated heterocycles. The summed E-state index contributed by atoms with van der Waals surface area (Å²) < 4.78 is 0. The molecule has 2 aromatic carbocycles. The standard InChI is InChI=1S/C17H15NS/c1-2-17-18-16(12-19-17)15-10-8-14(9-11-15)13-6-4-3-5-7-13/h3-12H,2H2,1H3. The summed E-state index contributed by atoms with van der Waals surface area (Å²) in [7, 11) is 0. The zero-order valence-corrected chi connectivity index (χ0v) is 11.7. The van der Waals surface area contributed by atoms with Crippen molar-refractivity contribution in [3.05, 3.63) is 65.0 Å². The Kier molecular flexibility index (Phi) is 3.43. The largest absolute Gasteiger partial charge is 0.241 e. The van der Waals surface area contributed by atoms with Gasteiger partial charge in [-0.25, -0.2) is 4.98 Å². The Morgan fingerprint density at radius 1 is 0.842 bits per heavy atom. The fraction of sp³-hybridized carbons (Fsp3) is 0.118. The Bertz CT molecular complexity index is 653. The topological polar surface area (TPSA) is 12.9 Å². The van der Waals surface area contributed by atoms with Crippen LogP contribution in [0.5, 0.6) is 0 Å². The number of aryl methyl sites for hydroxylation is 1. The van der Waals surface area contributed by atoms with Gasteiger partial charge < -0.3 is 0 Å². The lowest BCUT2D eigenvalue weighted by Gasteiger charge is -2.02. The van der Waals surface area contributed by atoms with Crippen molar-refractivity contribution >= 4 is 11.3 Å². The van der Waals surface area contributed by atoms with Gasteiger partial charge in [0.25, 0.3) is 0 Å². The maximum Gasteiger partial charge on any atom is 0.0929 e. The second-order valence-electron chi connectivity index (χ2n) is 4.42. The molecule has 3 aromatic rings. The minimum atomic E-state index is 1.01. The molecule has 0 atom stereocenters. The van der Waals surface area contributed by atoms with Crippen LogP contribution in [0.25, 0.3) is 22.4 Å². The summed E-state index contributed by atoms with van der Waals surface area (Å²) in [6, 6.07) is 19.1. The third kappa shape index (κ3) is 2.59. The van der Waals surface area contributed by atoms with Gasteiger partial charge in [0.05, 0.1) is 10.7 Å². The quantitative estimate of drug-likeness (QED) is 0.646. The Morgan fingerprint density at radius 3 is 2.11 bits per heavy atom. The fourth-order valence-electron chi connectivity index (χ4n) is 2.07. The van der Waals surface area contributed by atoms with Gasteiger partial charge in [-0.15, -0.1) is 11.3 Å². The van der Waals surface area contributed by atoms with Crippen LogP contribution in [0, 0.1) is 0 Å². The maximum atomic E-state index is 4.62. The van der Waals surface area contributed by atoms with E-state index < -0.39 is 0 Å². The molecule has 0 bridgehead atoms. The van der Waals surface area contributed by atoms with E-state index in [1.54, 1.807) is 11.3 Å². The first-order valence-corrected chi connectivity index (χ1v) is 7.35. The number of rotatable bonds is 3. The van der Waals surface area contributed by atoms with Crippen molar-refractivity contribution in [1.82, 2.24) is 4.98 Å². The van der Waals surface area contributed by atoms with Gasteiger partial charge >= 0.3 is 0 Å². The molecule has 0 aliphatic carbocycles. The first-order valence-electron chi connectivity index (χ1n) is 6.47. The first kappa shape index (κ1) is 12.1. The Labute approximate surface area is 117 Å². The summed E-state index contributed by atoms with van der Waals surface area (Å²) in [6.45, 7) is 2.14. The second kappa shape index (κ2) is 5.37. The number of thiazole rings is 1. The number of aromatic nitrogens is 1. The van der Waals surface area contributed by atoms with Gasteiger partial charge in [0.2, 0.25) is 0 Å². The van der Waals surface area contributed by atoms with Crippen molar-refractivity contribution in [2.45, 2.75) is 13.3 Å². The zero-order chi connectivity index (χ0) is 13.1. The van der Waals surface area contributed by atoms with Crippen LogP contribution in [-0.2, 0) is 6.42 Å². The Morgan fingerprint density at radius 2 is 1.47 bits per heavy atom. The molecule has 0 aliphatic rings. The highest BCUT2D eigenvalue weighted by atomic mass is 32.1. The normalized spacial score (nSPS) is 10.6. The molecule has 0 spiro atoms. The van der Waals surface area contributed by atoms with Crippen LogP contribution in [-0.4, -0.2) is 4.98 Å². The Hall–Kier alpha value is -1.93. The molecular formula is C17H15NS. The molecule has 1 heterocycles. The highest BCUT2D eigenvalue weighted by molar-refractivity contribution is 7.09. The van der Waals surface area contributed by atoms with Crippen molar-refractivity contribution in [2.75, 3.05) is 0 Å². The lowest BCUT2D eigenvalue weighted by molar-refractivity contribution is 1.10. The van der Waals surface area contributed by atoms with Gasteiger partial charge in [-0.3, -0.25) is 0 Å². The number of hydrogen-bond donors (Lipinski definition) is 0. The van der Waals surface area contributed by atoms with Gasteiger partial charge in [0, 0.05) is 10.9 Å². The van der Waals surface area contributed by atoms with Gasteiger partial charge in [0.1, 0.15) is 0 Å². The second-order valence-corrected chi connectivity index (χ2v) is 5.37. The van der Waals surface area contributed by atoms with Gasteiger partial charge in [-0.2, -0.15) is 0 Å². The molecule has 0 unspecified atom stereocenters. The van der Waals surface area contributed by atoms with Gasteiger partial charge in [-0.1, -0.05) is 61.5 Å². The number of hydrogen-bond acceptors (Lipinski definition) is 2. The van der Waals surface area contributed by atoms with Crippen LogP contribution in [0.4, 0.5) is 0 Å². The lowest BCUT2D eigenvalue weighted by Crippen LogP contribution is -1.82. The molecule has 19 heavy (non-hydrogen) atoms. The highest BCUT2D eigenvalue weighted by Gasteiger charge is 2.03. The summed E-state index contributed by atoms with van der Waals surface area (Å²) in [5, 5.41) is 3.33. The summed E-state index contributed by atoms with van der Waals surface area (Å²) in [5.74, 6) is 0. The molecule has 3 rings (SSSR count). The van der Waals surface area contributed by atoms with E-state index in [1.165, 1.54) is 21.7 Å². The molecule has 0 aliphatic heterocycles. The van der Waals surface area contributed by atoms with Crippen LogP contribution < -0.4 is 0 Å². The predicted molar refractivity (Wildman–Crippen MR) is 82.4 cm³/mol. The fourth-order valence-corrected chi connectivity index (χ4v) is 2.82. The minimum Gasteiger partial charge on any atom is -0.241 e. The van der Waals surface area contributed by atoms with Crippen molar-refractivity contribution in [2.24, 2.45) is 0 Å². The monoisotopic (exact) mass is 265 g/mol. The third-order valence-electron chi connectivity index (χ3n) is 3.14. The van der Waals surface area contributed by atoms with E-state index in [4.69, 9.17) is 0 Å². The maximum absolute atomic E-state index is 4.62. The molecule has 94 valence electrons. The smallest absolute Gasteiger partial charge is 0.0929 e.